The molecule has 21 heavy (non-hydrogen) atoms. The molecule has 2 rings (SSSR count). The Morgan fingerprint density at radius 2 is 1.67 bits per heavy atom. The van der Waals surface area contributed by atoms with Crippen molar-refractivity contribution in [2.24, 2.45) is 5.41 Å². The molecule has 0 amide bonds. The van der Waals surface area contributed by atoms with E-state index in [1.165, 1.54) is 0 Å². The minimum atomic E-state index is 0.267. The fraction of sp³-hybridized carbons (Fsp3) is 0.316. The Kier molecular flexibility index (Phi) is 4.65. The zero-order chi connectivity index (χ0) is 15.3. The van der Waals surface area contributed by atoms with Crippen LogP contribution in [0.25, 0.3) is 11.1 Å². The number of ether oxygens (including phenoxy) is 1. The second-order valence-electron chi connectivity index (χ2n) is 6.34. The first-order valence-electron chi connectivity index (χ1n) is 7.22. The van der Waals surface area contributed by atoms with Gasteiger partial charge in [-0.3, -0.25) is 0 Å². The molecule has 2 nitrogen and oxygen atoms in total. The molecular weight excluding hydrogens is 258 g/mol. The standard InChI is InChI=1S/C19H21NO/c1-19(2,3)12-13-21-18-7-5-4-6-17(18)16-10-8-15(14-20)9-11-16/h4-11H,12-13H2,1-3H3. The summed E-state index contributed by atoms with van der Waals surface area (Å²) in [4.78, 5) is 0. The van der Waals surface area contributed by atoms with Gasteiger partial charge in [-0.05, 0) is 35.6 Å². The zero-order valence-electron chi connectivity index (χ0n) is 12.9. The number of para-hydroxylation sites is 1. The van der Waals surface area contributed by atoms with E-state index in [0.29, 0.717) is 12.2 Å². The average Bonchev–Trinajstić information content (AvgIpc) is 2.47. The predicted molar refractivity (Wildman–Crippen MR) is 86.2 cm³/mol. The van der Waals surface area contributed by atoms with Gasteiger partial charge in [0.1, 0.15) is 5.75 Å². The molecule has 0 aliphatic rings. The van der Waals surface area contributed by atoms with Gasteiger partial charge in [-0.15, -0.1) is 0 Å². The van der Waals surface area contributed by atoms with Crippen molar-refractivity contribution >= 4 is 0 Å². The lowest BCUT2D eigenvalue weighted by molar-refractivity contribution is 0.244. The summed E-state index contributed by atoms with van der Waals surface area (Å²) < 4.78 is 5.96. The molecule has 2 heteroatoms. The summed E-state index contributed by atoms with van der Waals surface area (Å²) in [6.45, 7) is 7.34. The van der Waals surface area contributed by atoms with Crippen molar-refractivity contribution in [1.82, 2.24) is 0 Å². The van der Waals surface area contributed by atoms with Gasteiger partial charge in [0.25, 0.3) is 0 Å². The molecule has 0 radical (unpaired) electrons. The van der Waals surface area contributed by atoms with Crippen LogP contribution in [0.3, 0.4) is 0 Å². The summed E-state index contributed by atoms with van der Waals surface area (Å²) >= 11 is 0. The number of nitriles is 1. The molecule has 0 saturated heterocycles. The van der Waals surface area contributed by atoms with Gasteiger partial charge in [0.15, 0.2) is 0 Å². The quantitative estimate of drug-likeness (QED) is 0.785. The van der Waals surface area contributed by atoms with E-state index in [0.717, 1.165) is 23.3 Å². The highest BCUT2D eigenvalue weighted by atomic mass is 16.5. The maximum atomic E-state index is 8.87. The summed E-state index contributed by atoms with van der Waals surface area (Å²) in [7, 11) is 0. The van der Waals surface area contributed by atoms with Gasteiger partial charge < -0.3 is 4.74 Å². The molecule has 0 aliphatic heterocycles. The Morgan fingerprint density at radius 3 is 2.29 bits per heavy atom. The minimum absolute atomic E-state index is 0.267. The molecule has 2 aromatic rings. The number of hydrogen-bond acceptors (Lipinski definition) is 2. The minimum Gasteiger partial charge on any atom is -0.493 e. The Labute approximate surface area is 127 Å². The first kappa shape index (κ1) is 15.1. The fourth-order valence-electron chi connectivity index (χ4n) is 2.02. The lowest BCUT2D eigenvalue weighted by Crippen LogP contribution is -2.11. The third kappa shape index (κ3) is 4.36. The van der Waals surface area contributed by atoms with Crippen molar-refractivity contribution in [1.29, 1.82) is 5.26 Å². The van der Waals surface area contributed by atoms with E-state index >= 15 is 0 Å². The lowest BCUT2D eigenvalue weighted by atomic mass is 9.93. The number of rotatable bonds is 4. The van der Waals surface area contributed by atoms with E-state index in [-0.39, 0.29) is 5.41 Å². The molecule has 0 aromatic heterocycles. The highest BCUT2D eigenvalue weighted by Crippen LogP contribution is 2.30. The van der Waals surface area contributed by atoms with Gasteiger partial charge in [0, 0.05) is 5.56 Å². The summed E-state index contributed by atoms with van der Waals surface area (Å²) in [6.07, 6.45) is 1.01. The maximum absolute atomic E-state index is 8.87. The summed E-state index contributed by atoms with van der Waals surface area (Å²) in [5.74, 6) is 0.895. The van der Waals surface area contributed by atoms with Crippen LogP contribution >= 0.6 is 0 Å². The smallest absolute Gasteiger partial charge is 0.127 e. The maximum Gasteiger partial charge on any atom is 0.127 e. The number of hydrogen-bond donors (Lipinski definition) is 0. The molecule has 0 unspecified atom stereocenters. The lowest BCUT2D eigenvalue weighted by Gasteiger charge is -2.19. The summed E-state index contributed by atoms with van der Waals surface area (Å²) in [5, 5.41) is 8.87. The Bertz CT molecular complexity index is 630. The molecule has 0 fully saturated rings. The zero-order valence-corrected chi connectivity index (χ0v) is 12.9. The van der Waals surface area contributed by atoms with Gasteiger partial charge in [-0.1, -0.05) is 51.1 Å². The van der Waals surface area contributed by atoms with E-state index in [9.17, 15) is 0 Å². The molecule has 2 aromatic carbocycles. The van der Waals surface area contributed by atoms with Gasteiger partial charge in [0.2, 0.25) is 0 Å². The van der Waals surface area contributed by atoms with Crippen LogP contribution in [0.15, 0.2) is 48.5 Å². The second kappa shape index (κ2) is 6.45. The van der Waals surface area contributed by atoms with E-state index in [1.54, 1.807) is 0 Å². The van der Waals surface area contributed by atoms with Crippen LogP contribution in [0.2, 0.25) is 0 Å². The molecule has 0 atom stereocenters. The van der Waals surface area contributed by atoms with Crippen LogP contribution in [-0.2, 0) is 0 Å². The number of benzene rings is 2. The largest absolute Gasteiger partial charge is 0.493 e. The first-order chi connectivity index (χ1) is 9.99. The third-order valence-electron chi connectivity index (χ3n) is 3.32. The third-order valence-corrected chi connectivity index (χ3v) is 3.32. The van der Waals surface area contributed by atoms with Gasteiger partial charge in [-0.25, -0.2) is 0 Å². The van der Waals surface area contributed by atoms with Gasteiger partial charge in [0.05, 0.1) is 18.2 Å². The second-order valence-corrected chi connectivity index (χ2v) is 6.34. The van der Waals surface area contributed by atoms with Crippen LogP contribution in [0.4, 0.5) is 0 Å². The summed E-state index contributed by atoms with van der Waals surface area (Å²) in [6, 6.07) is 17.8. The van der Waals surface area contributed by atoms with E-state index in [2.05, 4.69) is 26.8 Å². The fourth-order valence-corrected chi connectivity index (χ4v) is 2.02. The molecule has 0 spiro atoms. The first-order valence-corrected chi connectivity index (χ1v) is 7.22. The highest BCUT2D eigenvalue weighted by Gasteiger charge is 2.11. The molecule has 108 valence electrons. The van der Waals surface area contributed by atoms with Crippen LogP contribution in [0.5, 0.6) is 5.75 Å². The monoisotopic (exact) mass is 279 g/mol. The van der Waals surface area contributed by atoms with Crippen molar-refractivity contribution in [2.45, 2.75) is 27.2 Å². The summed E-state index contributed by atoms with van der Waals surface area (Å²) in [5.41, 5.74) is 3.07. The van der Waals surface area contributed by atoms with Crippen LogP contribution < -0.4 is 4.74 Å². The molecule has 0 N–H and O–H groups in total. The van der Waals surface area contributed by atoms with Gasteiger partial charge >= 0.3 is 0 Å². The van der Waals surface area contributed by atoms with Crippen molar-refractivity contribution in [3.05, 3.63) is 54.1 Å². The highest BCUT2D eigenvalue weighted by molar-refractivity contribution is 5.70. The van der Waals surface area contributed by atoms with Crippen molar-refractivity contribution in [3.8, 4) is 22.9 Å². The van der Waals surface area contributed by atoms with E-state index in [1.807, 2.05) is 48.5 Å². The average molecular weight is 279 g/mol. The molecule has 0 heterocycles. The van der Waals surface area contributed by atoms with E-state index < -0.39 is 0 Å². The number of nitrogens with zero attached hydrogens (tertiary/aromatic N) is 1. The van der Waals surface area contributed by atoms with Crippen LogP contribution in [0.1, 0.15) is 32.8 Å². The predicted octanol–water partition coefficient (Wildman–Crippen LogP) is 5.04. The molecular formula is C19H21NO. The molecule has 0 aliphatic carbocycles. The van der Waals surface area contributed by atoms with Crippen molar-refractivity contribution in [3.63, 3.8) is 0 Å². The Hall–Kier alpha value is -2.27. The van der Waals surface area contributed by atoms with Crippen LogP contribution in [-0.4, -0.2) is 6.61 Å². The van der Waals surface area contributed by atoms with Crippen molar-refractivity contribution < 1.29 is 4.74 Å². The van der Waals surface area contributed by atoms with Gasteiger partial charge in [-0.2, -0.15) is 5.26 Å². The Balaban J connectivity index is 2.18. The SMILES string of the molecule is CC(C)(C)CCOc1ccccc1-c1ccc(C#N)cc1. The van der Waals surface area contributed by atoms with E-state index in [4.69, 9.17) is 10.00 Å². The van der Waals surface area contributed by atoms with Crippen molar-refractivity contribution in [2.75, 3.05) is 6.61 Å². The molecule has 0 saturated carbocycles. The Morgan fingerprint density at radius 1 is 1.00 bits per heavy atom. The normalized spacial score (nSPS) is 11.0. The topological polar surface area (TPSA) is 33.0 Å². The molecule has 0 bridgehead atoms. The van der Waals surface area contributed by atoms with Crippen LogP contribution in [0, 0.1) is 16.7 Å².